The Kier molecular flexibility index (Phi) is 7.09. The molecule has 0 aromatic heterocycles. The van der Waals surface area contributed by atoms with Gasteiger partial charge in [-0.3, -0.25) is 9.54 Å². The van der Waals surface area contributed by atoms with Crippen molar-refractivity contribution in [2.75, 3.05) is 20.3 Å². The van der Waals surface area contributed by atoms with Crippen LogP contribution in [0.3, 0.4) is 0 Å². The maximum Gasteiger partial charge on any atom is 0.115 e. The standard InChI is InChI=1S/C6H12N2O.B.FH/c1-3-9-8-5-4-7(2)6-8;;/h4-5H,3,6H2,1-2H3;;1H. The molecular weight excluding hydrogens is 146 g/mol. The first kappa shape index (κ1) is 12.9. The Morgan fingerprint density at radius 3 is 2.45 bits per heavy atom. The van der Waals surface area contributed by atoms with E-state index in [0.29, 0.717) is 0 Å². The van der Waals surface area contributed by atoms with Crippen molar-refractivity contribution in [3.05, 3.63) is 12.4 Å². The third-order valence-corrected chi connectivity index (χ3v) is 1.14. The number of hydrogen-bond donors (Lipinski definition) is 0. The largest absolute Gasteiger partial charge is 0.360 e. The van der Waals surface area contributed by atoms with Crippen molar-refractivity contribution in [2.45, 2.75) is 6.92 Å². The monoisotopic (exact) mass is 159 g/mol. The Balaban J connectivity index is 0. The quantitative estimate of drug-likeness (QED) is 0.542. The SMILES string of the molecule is CCON1C=CN(C)C1.F.[B]. The second kappa shape index (κ2) is 6.03. The lowest BCUT2D eigenvalue weighted by molar-refractivity contribution is -0.121. The van der Waals surface area contributed by atoms with Gasteiger partial charge in [-0.1, -0.05) is 0 Å². The lowest BCUT2D eigenvalue weighted by Crippen LogP contribution is -2.22. The molecule has 0 spiro atoms. The highest BCUT2D eigenvalue weighted by molar-refractivity contribution is 5.75. The van der Waals surface area contributed by atoms with Crippen molar-refractivity contribution in [1.29, 1.82) is 0 Å². The Labute approximate surface area is 68.5 Å². The number of hydrogen-bond acceptors (Lipinski definition) is 3. The van der Waals surface area contributed by atoms with Crippen LogP contribution in [0.1, 0.15) is 6.92 Å². The second-order valence-electron chi connectivity index (χ2n) is 2.03. The molecule has 1 aliphatic heterocycles. The van der Waals surface area contributed by atoms with E-state index in [1.807, 2.05) is 26.4 Å². The molecule has 5 heteroatoms. The fourth-order valence-corrected chi connectivity index (χ4v) is 0.752. The van der Waals surface area contributed by atoms with Crippen LogP contribution < -0.4 is 0 Å². The van der Waals surface area contributed by atoms with E-state index >= 15 is 0 Å². The van der Waals surface area contributed by atoms with Gasteiger partial charge in [0.1, 0.15) is 6.67 Å². The summed E-state index contributed by atoms with van der Waals surface area (Å²) in [5, 5.41) is 1.81. The molecule has 0 aliphatic carbocycles. The van der Waals surface area contributed by atoms with Crippen molar-refractivity contribution in [2.24, 2.45) is 0 Å². The minimum absolute atomic E-state index is 0. The van der Waals surface area contributed by atoms with Gasteiger partial charge < -0.3 is 4.90 Å². The van der Waals surface area contributed by atoms with Crippen molar-refractivity contribution in [3.63, 3.8) is 0 Å². The summed E-state index contributed by atoms with van der Waals surface area (Å²) in [5.41, 5.74) is 0. The van der Waals surface area contributed by atoms with Crippen LogP contribution in [0.15, 0.2) is 12.4 Å². The summed E-state index contributed by atoms with van der Waals surface area (Å²) in [4.78, 5) is 7.23. The summed E-state index contributed by atoms with van der Waals surface area (Å²) >= 11 is 0. The van der Waals surface area contributed by atoms with E-state index in [-0.39, 0.29) is 13.1 Å². The molecule has 0 aromatic carbocycles. The predicted molar refractivity (Wildman–Crippen MR) is 43.5 cm³/mol. The molecule has 3 nitrogen and oxygen atoms in total. The van der Waals surface area contributed by atoms with Crippen LogP contribution in [0, 0.1) is 0 Å². The van der Waals surface area contributed by atoms with Gasteiger partial charge in [0.15, 0.2) is 0 Å². The normalized spacial score (nSPS) is 14.4. The van der Waals surface area contributed by atoms with Crippen molar-refractivity contribution in [3.8, 4) is 0 Å². The summed E-state index contributed by atoms with van der Waals surface area (Å²) in [6, 6.07) is 0. The molecule has 11 heavy (non-hydrogen) atoms. The Morgan fingerprint density at radius 2 is 2.09 bits per heavy atom. The lowest BCUT2D eigenvalue weighted by Gasteiger charge is -2.15. The molecule has 3 radical (unpaired) electrons. The molecule has 1 aliphatic rings. The summed E-state index contributed by atoms with van der Waals surface area (Å²) in [7, 11) is 2.01. The van der Waals surface area contributed by atoms with E-state index in [1.54, 1.807) is 5.06 Å². The van der Waals surface area contributed by atoms with Crippen molar-refractivity contribution < 1.29 is 9.54 Å². The predicted octanol–water partition coefficient (Wildman–Crippen LogP) is 0.386. The van der Waals surface area contributed by atoms with Crippen molar-refractivity contribution in [1.82, 2.24) is 9.96 Å². The second-order valence-corrected chi connectivity index (χ2v) is 2.03. The first-order valence-corrected chi connectivity index (χ1v) is 3.11. The van der Waals surface area contributed by atoms with Gasteiger partial charge in [0.05, 0.1) is 6.61 Å². The van der Waals surface area contributed by atoms with Crippen LogP contribution in [0.2, 0.25) is 0 Å². The Bertz CT molecular complexity index is 123. The molecule has 0 saturated heterocycles. The zero-order valence-corrected chi connectivity index (χ0v) is 6.86. The molecule has 0 fully saturated rings. The smallest absolute Gasteiger partial charge is 0.115 e. The third-order valence-electron chi connectivity index (χ3n) is 1.14. The summed E-state index contributed by atoms with van der Waals surface area (Å²) < 4.78 is 0. The van der Waals surface area contributed by atoms with Gasteiger partial charge >= 0.3 is 0 Å². The number of halogens is 1. The highest BCUT2D eigenvalue weighted by Crippen LogP contribution is 2.02. The first-order valence-electron chi connectivity index (χ1n) is 3.11. The fraction of sp³-hybridized carbons (Fsp3) is 0.667. The van der Waals surface area contributed by atoms with Crippen LogP contribution in [0.25, 0.3) is 0 Å². The molecule has 0 bridgehead atoms. The summed E-state index contributed by atoms with van der Waals surface area (Å²) in [5.74, 6) is 0. The van der Waals surface area contributed by atoms with E-state index in [0.717, 1.165) is 13.3 Å². The Morgan fingerprint density at radius 1 is 1.45 bits per heavy atom. The fourth-order valence-electron chi connectivity index (χ4n) is 0.752. The van der Waals surface area contributed by atoms with Crippen LogP contribution in [-0.4, -0.2) is 38.7 Å². The van der Waals surface area contributed by atoms with E-state index < -0.39 is 0 Å². The molecule has 63 valence electrons. The molecule has 1 heterocycles. The molecule has 0 amide bonds. The van der Waals surface area contributed by atoms with Gasteiger partial charge in [-0.05, 0) is 6.92 Å². The van der Waals surface area contributed by atoms with Gasteiger partial charge in [-0.2, -0.15) is 0 Å². The topological polar surface area (TPSA) is 15.7 Å². The van der Waals surface area contributed by atoms with Gasteiger partial charge in [-0.25, -0.2) is 5.06 Å². The van der Waals surface area contributed by atoms with Gasteiger partial charge in [-0.15, -0.1) is 0 Å². The molecular formula is C6H13BFN2O. The van der Waals surface area contributed by atoms with Crippen LogP contribution in [0.4, 0.5) is 4.70 Å². The van der Waals surface area contributed by atoms with Gasteiger partial charge in [0.2, 0.25) is 0 Å². The van der Waals surface area contributed by atoms with Crippen LogP contribution in [0.5, 0.6) is 0 Å². The molecule has 0 saturated carbocycles. The highest BCUT2D eigenvalue weighted by atomic mass is 19.0. The van der Waals surface area contributed by atoms with Crippen LogP contribution >= 0.6 is 0 Å². The zero-order valence-electron chi connectivity index (χ0n) is 6.86. The minimum Gasteiger partial charge on any atom is -0.360 e. The molecule has 1 rings (SSSR count). The molecule has 0 unspecified atom stereocenters. The van der Waals surface area contributed by atoms with Crippen LogP contribution in [-0.2, 0) is 4.84 Å². The maximum atomic E-state index is 5.18. The summed E-state index contributed by atoms with van der Waals surface area (Å²) in [6.45, 7) is 3.55. The van der Waals surface area contributed by atoms with E-state index in [2.05, 4.69) is 4.90 Å². The van der Waals surface area contributed by atoms with Gasteiger partial charge in [0, 0.05) is 27.9 Å². The van der Waals surface area contributed by atoms with E-state index in [4.69, 9.17) is 4.84 Å². The van der Waals surface area contributed by atoms with E-state index in [9.17, 15) is 0 Å². The minimum atomic E-state index is 0. The summed E-state index contributed by atoms with van der Waals surface area (Å²) in [6.07, 6.45) is 3.90. The van der Waals surface area contributed by atoms with Gasteiger partial charge in [0.25, 0.3) is 0 Å². The molecule has 0 N–H and O–H groups in total. The molecule has 0 atom stereocenters. The number of nitrogens with zero attached hydrogens (tertiary/aromatic N) is 2. The third kappa shape index (κ3) is 3.88. The average molecular weight is 159 g/mol. The highest BCUT2D eigenvalue weighted by Gasteiger charge is 2.06. The Hall–Kier alpha value is -0.705. The lowest BCUT2D eigenvalue weighted by atomic mass is 10.8. The number of rotatable bonds is 2. The number of hydroxylamine groups is 2. The van der Waals surface area contributed by atoms with E-state index in [1.165, 1.54) is 0 Å². The molecule has 0 aromatic rings. The average Bonchev–Trinajstić information content (AvgIpc) is 2.17. The maximum absolute atomic E-state index is 5.18. The first-order chi connectivity index (χ1) is 4.33. The zero-order chi connectivity index (χ0) is 6.69. The van der Waals surface area contributed by atoms with Crippen molar-refractivity contribution >= 4 is 8.41 Å².